The average molecular weight is 377 g/mol. The number of hydrogen-bond donors (Lipinski definition) is 2. The van der Waals surface area contributed by atoms with Crippen LogP contribution in [0.2, 0.25) is 5.02 Å². The molecule has 8 heteroatoms. The predicted molar refractivity (Wildman–Crippen MR) is 97.7 cm³/mol. The predicted octanol–water partition coefficient (Wildman–Crippen LogP) is 3.33. The van der Waals surface area contributed by atoms with Crippen LogP contribution in [0.3, 0.4) is 0 Å². The largest absolute Gasteiger partial charge is 0.493 e. The first-order chi connectivity index (χ1) is 12.5. The van der Waals surface area contributed by atoms with Crippen LogP contribution >= 0.6 is 11.6 Å². The molecular formula is C18H17ClN2O5. The standard InChI is InChI=1S/C18H17ClN2O5/c1-10(22)20-13-4-3-12(19)9-14(13)21-18(23)11-7-15(24-2)17-16(8-11)25-5-6-26-17/h3-4,7-9H,5-6H2,1-2H3,(H,20,22)(H,21,23). The number of anilines is 2. The lowest BCUT2D eigenvalue weighted by atomic mass is 10.1. The van der Waals surface area contributed by atoms with Gasteiger partial charge in [0.15, 0.2) is 11.5 Å². The molecule has 1 aliphatic rings. The minimum atomic E-state index is -0.408. The second-order valence-corrected chi connectivity index (χ2v) is 5.96. The van der Waals surface area contributed by atoms with E-state index in [1.54, 1.807) is 30.3 Å². The maximum Gasteiger partial charge on any atom is 0.255 e. The van der Waals surface area contributed by atoms with Crippen LogP contribution in [-0.4, -0.2) is 32.1 Å². The van der Waals surface area contributed by atoms with Crippen LogP contribution in [0.15, 0.2) is 30.3 Å². The summed E-state index contributed by atoms with van der Waals surface area (Å²) in [5.41, 5.74) is 1.14. The van der Waals surface area contributed by atoms with Crippen LogP contribution in [0.4, 0.5) is 11.4 Å². The van der Waals surface area contributed by atoms with Crippen molar-refractivity contribution in [2.45, 2.75) is 6.92 Å². The molecule has 0 spiro atoms. The Morgan fingerprint density at radius 3 is 2.58 bits per heavy atom. The molecule has 0 radical (unpaired) electrons. The Bertz CT molecular complexity index is 852. The summed E-state index contributed by atoms with van der Waals surface area (Å²) in [6.07, 6.45) is 0. The van der Waals surface area contributed by atoms with Crippen molar-refractivity contribution in [1.29, 1.82) is 0 Å². The van der Waals surface area contributed by atoms with Gasteiger partial charge in [-0.2, -0.15) is 0 Å². The molecule has 0 unspecified atom stereocenters. The Kier molecular flexibility index (Phi) is 5.18. The molecule has 7 nitrogen and oxygen atoms in total. The molecule has 2 amide bonds. The van der Waals surface area contributed by atoms with Crippen LogP contribution in [0.25, 0.3) is 0 Å². The number of benzene rings is 2. The van der Waals surface area contributed by atoms with Gasteiger partial charge in [0.25, 0.3) is 5.91 Å². The van der Waals surface area contributed by atoms with Gasteiger partial charge in [-0.05, 0) is 30.3 Å². The van der Waals surface area contributed by atoms with Crippen LogP contribution in [0.5, 0.6) is 17.2 Å². The van der Waals surface area contributed by atoms with Gasteiger partial charge in [0.05, 0.1) is 18.5 Å². The highest BCUT2D eigenvalue weighted by Gasteiger charge is 2.21. The molecule has 1 heterocycles. The zero-order valence-electron chi connectivity index (χ0n) is 14.2. The van der Waals surface area contributed by atoms with Crippen molar-refractivity contribution >= 4 is 34.8 Å². The fraction of sp³-hybridized carbons (Fsp3) is 0.222. The minimum absolute atomic E-state index is 0.260. The number of rotatable bonds is 4. The molecule has 136 valence electrons. The normalized spacial score (nSPS) is 12.3. The summed E-state index contributed by atoms with van der Waals surface area (Å²) in [6, 6.07) is 7.93. The molecule has 0 atom stereocenters. The molecule has 26 heavy (non-hydrogen) atoms. The van der Waals surface area contributed by atoms with E-state index in [1.807, 2.05) is 0 Å². The zero-order valence-corrected chi connectivity index (χ0v) is 15.0. The van der Waals surface area contributed by atoms with Crippen LogP contribution in [0.1, 0.15) is 17.3 Å². The smallest absolute Gasteiger partial charge is 0.255 e. The van der Waals surface area contributed by atoms with Crippen molar-refractivity contribution in [2.24, 2.45) is 0 Å². The molecule has 0 aliphatic carbocycles. The van der Waals surface area contributed by atoms with Crippen LogP contribution < -0.4 is 24.8 Å². The van der Waals surface area contributed by atoms with Gasteiger partial charge in [-0.25, -0.2) is 0 Å². The number of hydrogen-bond acceptors (Lipinski definition) is 5. The molecule has 3 rings (SSSR count). The lowest BCUT2D eigenvalue weighted by molar-refractivity contribution is -0.114. The summed E-state index contributed by atoms with van der Waals surface area (Å²) in [4.78, 5) is 24.0. The Labute approximate surface area is 155 Å². The molecule has 2 aromatic carbocycles. The second kappa shape index (κ2) is 7.53. The highest BCUT2D eigenvalue weighted by Crippen LogP contribution is 2.40. The van der Waals surface area contributed by atoms with E-state index < -0.39 is 5.91 Å². The third-order valence-corrected chi connectivity index (χ3v) is 3.87. The van der Waals surface area contributed by atoms with Gasteiger partial charge in [0.1, 0.15) is 13.2 Å². The molecule has 0 aromatic heterocycles. The lowest BCUT2D eigenvalue weighted by Crippen LogP contribution is -2.18. The fourth-order valence-corrected chi connectivity index (χ4v) is 2.69. The first kappa shape index (κ1) is 17.9. The minimum Gasteiger partial charge on any atom is -0.493 e. The molecule has 1 aliphatic heterocycles. The van der Waals surface area contributed by atoms with Gasteiger partial charge in [-0.3, -0.25) is 9.59 Å². The van der Waals surface area contributed by atoms with Gasteiger partial charge in [-0.1, -0.05) is 11.6 Å². The zero-order chi connectivity index (χ0) is 18.7. The monoisotopic (exact) mass is 376 g/mol. The van der Waals surface area contributed by atoms with E-state index in [-0.39, 0.29) is 5.91 Å². The first-order valence-corrected chi connectivity index (χ1v) is 8.22. The number of methoxy groups -OCH3 is 1. The molecule has 0 saturated heterocycles. The summed E-state index contributed by atoms with van der Waals surface area (Å²) in [5.74, 6) is 0.643. The first-order valence-electron chi connectivity index (χ1n) is 7.84. The second-order valence-electron chi connectivity index (χ2n) is 5.53. The third-order valence-electron chi connectivity index (χ3n) is 3.63. The molecule has 0 bridgehead atoms. The molecule has 2 aromatic rings. The number of ether oxygens (including phenoxy) is 3. The number of carbonyl (C=O) groups is 2. The van der Waals surface area contributed by atoms with E-state index in [0.717, 1.165) is 0 Å². The number of carbonyl (C=O) groups excluding carboxylic acids is 2. The molecular weight excluding hydrogens is 360 g/mol. The lowest BCUT2D eigenvalue weighted by Gasteiger charge is -2.21. The Morgan fingerprint density at radius 2 is 1.85 bits per heavy atom. The number of amides is 2. The molecule has 2 N–H and O–H groups in total. The summed E-state index contributed by atoms with van der Waals surface area (Å²) in [5, 5.41) is 5.81. The summed E-state index contributed by atoms with van der Waals surface area (Å²) >= 11 is 6.00. The third kappa shape index (κ3) is 3.83. The Balaban J connectivity index is 1.91. The van der Waals surface area contributed by atoms with Gasteiger partial charge < -0.3 is 24.8 Å². The van der Waals surface area contributed by atoms with Crippen molar-refractivity contribution in [2.75, 3.05) is 31.0 Å². The summed E-state index contributed by atoms with van der Waals surface area (Å²) in [6.45, 7) is 2.19. The number of halogens is 1. The summed E-state index contributed by atoms with van der Waals surface area (Å²) in [7, 11) is 1.49. The highest BCUT2D eigenvalue weighted by atomic mass is 35.5. The summed E-state index contributed by atoms with van der Waals surface area (Å²) < 4.78 is 16.4. The quantitative estimate of drug-likeness (QED) is 0.854. The van der Waals surface area contributed by atoms with Gasteiger partial charge >= 0.3 is 0 Å². The van der Waals surface area contributed by atoms with Gasteiger partial charge in [-0.15, -0.1) is 0 Å². The van der Waals surface area contributed by atoms with E-state index in [0.29, 0.717) is 52.4 Å². The maximum absolute atomic E-state index is 12.7. The Morgan fingerprint density at radius 1 is 1.08 bits per heavy atom. The maximum atomic E-state index is 12.7. The van der Waals surface area contributed by atoms with E-state index >= 15 is 0 Å². The molecule has 0 saturated carbocycles. The van der Waals surface area contributed by atoms with Gasteiger partial charge in [0, 0.05) is 17.5 Å². The van der Waals surface area contributed by atoms with Crippen molar-refractivity contribution in [3.63, 3.8) is 0 Å². The molecule has 0 fully saturated rings. The Hall–Kier alpha value is -2.93. The van der Waals surface area contributed by atoms with Crippen molar-refractivity contribution in [3.05, 3.63) is 40.9 Å². The number of fused-ring (bicyclic) bond motifs is 1. The van der Waals surface area contributed by atoms with E-state index in [1.165, 1.54) is 14.0 Å². The van der Waals surface area contributed by atoms with Crippen molar-refractivity contribution in [1.82, 2.24) is 0 Å². The van der Waals surface area contributed by atoms with Crippen LogP contribution in [0, 0.1) is 0 Å². The van der Waals surface area contributed by atoms with Crippen molar-refractivity contribution < 1.29 is 23.8 Å². The SMILES string of the molecule is COc1cc(C(=O)Nc2cc(Cl)ccc2NC(C)=O)cc2c1OCCO2. The highest BCUT2D eigenvalue weighted by molar-refractivity contribution is 6.31. The van der Waals surface area contributed by atoms with Gasteiger partial charge in [0.2, 0.25) is 11.7 Å². The average Bonchev–Trinajstić information content (AvgIpc) is 2.62. The number of nitrogens with one attached hydrogen (secondary N) is 2. The van der Waals surface area contributed by atoms with E-state index in [2.05, 4.69) is 10.6 Å². The van der Waals surface area contributed by atoms with Crippen molar-refractivity contribution in [3.8, 4) is 17.2 Å². The van der Waals surface area contributed by atoms with E-state index in [9.17, 15) is 9.59 Å². The topological polar surface area (TPSA) is 85.9 Å². The fourth-order valence-electron chi connectivity index (χ4n) is 2.52. The van der Waals surface area contributed by atoms with Crippen LogP contribution in [-0.2, 0) is 4.79 Å². The van der Waals surface area contributed by atoms with E-state index in [4.69, 9.17) is 25.8 Å².